The predicted octanol–water partition coefficient (Wildman–Crippen LogP) is 3.93. The molecule has 16 heavy (non-hydrogen) atoms. The predicted molar refractivity (Wildman–Crippen MR) is 69.8 cm³/mol. The van der Waals surface area contributed by atoms with Crippen molar-refractivity contribution in [3.8, 4) is 0 Å². The summed E-state index contributed by atoms with van der Waals surface area (Å²) in [5, 5.41) is 4.49. The second-order valence-electron chi connectivity index (χ2n) is 5.08. The number of halogens is 1. The maximum atomic E-state index is 6.10. The Morgan fingerprint density at radius 3 is 2.81 bits per heavy atom. The number of hydrogen-bond acceptors (Lipinski definition) is 1. The zero-order valence-electron chi connectivity index (χ0n) is 10.1. The molecule has 1 saturated carbocycles. The van der Waals surface area contributed by atoms with E-state index in [0.29, 0.717) is 6.04 Å². The molecule has 2 heteroatoms. The van der Waals surface area contributed by atoms with Crippen LogP contribution in [0.2, 0.25) is 5.02 Å². The van der Waals surface area contributed by atoms with Crippen LogP contribution in [0.4, 0.5) is 0 Å². The zero-order chi connectivity index (χ0) is 11.5. The molecule has 1 aromatic carbocycles. The molecule has 0 radical (unpaired) electrons. The number of benzene rings is 1. The Morgan fingerprint density at radius 2 is 2.19 bits per heavy atom. The van der Waals surface area contributed by atoms with Crippen molar-refractivity contribution in [3.63, 3.8) is 0 Å². The third-order valence-electron chi connectivity index (χ3n) is 3.53. The molecule has 0 aliphatic heterocycles. The largest absolute Gasteiger partial charge is 0.310 e. The van der Waals surface area contributed by atoms with Crippen LogP contribution in [0.1, 0.15) is 37.3 Å². The molecule has 0 bridgehead atoms. The SMILES string of the molecule is Cc1ccc(CNC2CCC(C)C2)cc1Cl. The van der Waals surface area contributed by atoms with Gasteiger partial charge in [0.2, 0.25) is 0 Å². The summed E-state index contributed by atoms with van der Waals surface area (Å²) in [6, 6.07) is 7.03. The van der Waals surface area contributed by atoms with E-state index in [1.165, 1.54) is 24.8 Å². The van der Waals surface area contributed by atoms with E-state index in [1.807, 2.05) is 6.92 Å². The van der Waals surface area contributed by atoms with Crippen molar-refractivity contribution in [3.05, 3.63) is 34.3 Å². The molecule has 0 amide bonds. The summed E-state index contributed by atoms with van der Waals surface area (Å²) in [7, 11) is 0. The fourth-order valence-electron chi connectivity index (χ4n) is 2.40. The van der Waals surface area contributed by atoms with Gasteiger partial charge in [-0.25, -0.2) is 0 Å². The molecule has 0 spiro atoms. The number of aryl methyl sites for hydroxylation is 1. The lowest BCUT2D eigenvalue weighted by Gasteiger charge is -2.12. The molecule has 0 aromatic heterocycles. The van der Waals surface area contributed by atoms with Crippen molar-refractivity contribution in [2.24, 2.45) is 5.92 Å². The minimum atomic E-state index is 0.704. The quantitative estimate of drug-likeness (QED) is 0.840. The van der Waals surface area contributed by atoms with Crippen molar-refractivity contribution in [2.45, 2.75) is 45.7 Å². The van der Waals surface area contributed by atoms with Gasteiger partial charge in [-0.2, -0.15) is 0 Å². The van der Waals surface area contributed by atoms with Crippen LogP contribution in [0.3, 0.4) is 0 Å². The normalized spacial score (nSPS) is 24.9. The minimum absolute atomic E-state index is 0.704. The van der Waals surface area contributed by atoms with Crippen LogP contribution >= 0.6 is 11.6 Å². The molecule has 1 nitrogen and oxygen atoms in total. The highest BCUT2D eigenvalue weighted by Gasteiger charge is 2.20. The summed E-state index contributed by atoms with van der Waals surface area (Å²) in [5.74, 6) is 0.888. The molecule has 1 aliphatic rings. The van der Waals surface area contributed by atoms with Gasteiger partial charge in [0.1, 0.15) is 0 Å². The molecule has 1 N–H and O–H groups in total. The molecular weight excluding hydrogens is 218 g/mol. The van der Waals surface area contributed by atoms with E-state index in [-0.39, 0.29) is 0 Å². The summed E-state index contributed by atoms with van der Waals surface area (Å²) in [6.45, 7) is 5.32. The van der Waals surface area contributed by atoms with Crippen molar-refractivity contribution in [1.82, 2.24) is 5.32 Å². The van der Waals surface area contributed by atoms with Crippen LogP contribution in [0.25, 0.3) is 0 Å². The molecule has 88 valence electrons. The van der Waals surface area contributed by atoms with E-state index in [2.05, 4.69) is 30.4 Å². The van der Waals surface area contributed by atoms with Crippen LogP contribution in [0.5, 0.6) is 0 Å². The molecule has 0 heterocycles. The summed E-state index contributed by atoms with van der Waals surface area (Å²) < 4.78 is 0. The summed E-state index contributed by atoms with van der Waals surface area (Å²) in [4.78, 5) is 0. The Balaban J connectivity index is 1.87. The Bertz CT molecular complexity index is 362. The maximum absolute atomic E-state index is 6.10. The van der Waals surface area contributed by atoms with Crippen LogP contribution in [-0.2, 0) is 6.54 Å². The van der Waals surface area contributed by atoms with Gasteiger partial charge in [0.25, 0.3) is 0 Å². The topological polar surface area (TPSA) is 12.0 Å². The first-order valence-corrected chi connectivity index (χ1v) is 6.51. The highest BCUT2D eigenvalue weighted by molar-refractivity contribution is 6.31. The first-order chi connectivity index (χ1) is 7.65. The van der Waals surface area contributed by atoms with E-state index < -0.39 is 0 Å². The van der Waals surface area contributed by atoms with Crippen molar-refractivity contribution < 1.29 is 0 Å². The molecule has 2 unspecified atom stereocenters. The van der Waals surface area contributed by atoms with E-state index in [0.717, 1.165) is 23.0 Å². The third-order valence-corrected chi connectivity index (χ3v) is 3.93. The summed E-state index contributed by atoms with van der Waals surface area (Å²) in [5.41, 5.74) is 2.44. The lowest BCUT2D eigenvalue weighted by Crippen LogP contribution is -2.25. The highest BCUT2D eigenvalue weighted by Crippen LogP contribution is 2.25. The fraction of sp³-hybridized carbons (Fsp3) is 0.571. The average molecular weight is 238 g/mol. The highest BCUT2D eigenvalue weighted by atomic mass is 35.5. The van der Waals surface area contributed by atoms with Gasteiger partial charge in [0.05, 0.1) is 0 Å². The van der Waals surface area contributed by atoms with Crippen molar-refractivity contribution in [2.75, 3.05) is 0 Å². The lowest BCUT2D eigenvalue weighted by molar-refractivity contribution is 0.502. The second-order valence-corrected chi connectivity index (χ2v) is 5.49. The van der Waals surface area contributed by atoms with Gasteiger partial charge in [-0.1, -0.05) is 30.7 Å². The lowest BCUT2D eigenvalue weighted by atomic mass is 10.1. The number of hydrogen-bond donors (Lipinski definition) is 1. The van der Waals surface area contributed by atoms with Crippen molar-refractivity contribution >= 4 is 11.6 Å². The molecular formula is C14H20ClN. The van der Waals surface area contributed by atoms with Gasteiger partial charge < -0.3 is 5.32 Å². The summed E-state index contributed by atoms with van der Waals surface area (Å²) in [6.07, 6.45) is 4.01. The van der Waals surface area contributed by atoms with Gasteiger partial charge in [0, 0.05) is 17.6 Å². The van der Waals surface area contributed by atoms with Crippen LogP contribution in [0, 0.1) is 12.8 Å². The number of nitrogens with one attached hydrogen (secondary N) is 1. The zero-order valence-corrected chi connectivity index (χ0v) is 10.8. The molecule has 2 atom stereocenters. The monoisotopic (exact) mass is 237 g/mol. The van der Waals surface area contributed by atoms with E-state index >= 15 is 0 Å². The number of rotatable bonds is 3. The van der Waals surface area contributed by atoms with Gasteiger partial charge in [-0.3, -0.25) is 0 Å². The Morgan fingerprint density at radius 1 is 1.38 bits per heavy atom. The minimum Gasteiger partial charge on any atom is -0.310 e. The molecule has 1 fully saturated rings. The molecule has 1 aliphatic carbocycles. The van der Waals surface area contributed by atoms with Gasteiger partial charge >= 0.3 is 0 Å². The van der Waals surface area contributed by atoms with Gasteiger partial charge in [0.15, 0.2) is 0 Å². The van der Waals surface area contributed by atoms with E-state index in [4.69, 9.17) is 11.6 Å². The fourth-order valence-corrected chi connectivity index (χ4v) is 2.60. The average Bonchev–Trinajstić information content (AvgIpc) is 2.66. The Hall–Kier alpha value is -0.530. The van der Waals surface area contributed by atoms with E-state index in [9.17, 15) is 0 Å². The Labute approximate surface area is 103 Å². The molecule has 0 saturated heterocycles. The van der Waals surface area contributed by atoms with E-state index in [1.54, 1.807) is 0 Å². The third kappa shape index (κ3) is 2.99. The second kappa shape index (κ2) is 5.20. The summed E-state index contributed by atoms with van der Waals surface area (Å²) >= 11 is 6.10. The smallest absolute Gasteiger partial charge is 0.0438 e. The molecule has 1 aromatic rings. The standard InChI is InChI=1S/C14H20ClN/c1-10-3-6-13(7-10)16-9-12-5-4-11(2)14(15)8-12/h4-5,8,10,13,16H,3,6-7,9H2,1-2H3. The van der Waals surface area contributed by atoms with Gasteiger partial charge in [-0.15, -0.1) is 0 Å². The first-order valence-electron chi connectivity index (χ1n) is 6.13. The van der Waals surface area contributed by atoms with Crippen LogP contribution in [-0.4, -0.2) is 6.04 Å². The first kappa shape index (κ1) is 11.9. The molecule has 2 rings (SSSR count). The Kier molecular flexibility index (Phi) is 3.88. The maximum Gasteiger partial charge on any atom is 0.0438 e. The van der Waals surface area contributed by atoms with Crippen LogP contribution < -0.4 is 5.32 Å². The van der Waals surface area contributed by atoms with Gasteiger partial charge in [-0.05, 0) is 49.3 Å². The van der Waals surface area contributed by atoms with Crippen molar-refractivity contribution in [1.29, 1.82) is 0 Å². The van der Waals surface area contributed by atoms with Crippen LogP contribution in [0.15, 0.2) is 18.2 Å².